The van der Waals surface area contributed by atoms with Crippen molar-refractivity contribution in [3.63, 3.8) is 0 Å². The van der Waals surface area contributed by atoms with Gasteiger partial charge in [0.1, 0.15) is 11.5 Å². The average molecular weight is 248 g/mol. The molecule has 0 radical (unpaired) electrons. The van der Waals surface area contributed by atoms with Gasteiger partial charge >= 0.3 is 0 Å². The molecule has 0 aliphatic rings. The van der Waals surface area contributed by atoms with Crippen molar-refractivity contribution in [2.45, 2.75) is 6.42 Å². The Balaban J connectivity index is 2.03. The van der Waals surface area contributed by atoms with Crippen LogP contribution in [0.25, 0.3) is 0 Å². The number of benzene rings is 1. The number of imidazole rings is 1. The van der Waals surface area contributed by atoms with E-state index in [2.05, 4.69) is 15.3 Å². The maximum absolute atomic E-state index is 13.5. The lowest BCUT2D eigenvalue weighted by molar-refractivity contribution is 0.587. The maximum Gasteiger partial charge on any atom is 0.150 e. The second-order valence-corrected chi connectivity index (χ2v) is 3.64. The highest BCUT2D eigenvalue weighted by Crippen LogP contribution is 2.20. The molecule has 0 saturated carbocycles. The first-order chi connectivity index (χ1) is 8.70. The van der Waals surface area contributed by atoms with E-state index in [0.29, 0.717) is 13.0 Å². The van der Waals surface area contributed by atoms with E-state index >= 15 is 0 Å². The number of nitrogens with zero attached hydrogens (tertiary/aromatic N) is 2. The Kier molecular flexibility index (Phi) is 3.53. The average Bonchev–Trinajstić information content (AvgIpc) is 2.85. The van der Waals surface area contributed by atoms with Crippen LogP contribution in [-0.4, -0.2) is 16.5 Å². The van der Waals surface area contributed by atoms with Gasteiger partial charge in [-0.15, -0.1) is 0 Å². The first-order valence-electron chi connectivity index (χ1n) is 5.32. The van der Waals surface area contributed by atoms with Crippen LogP contribution in [0.3, 0.4) is 0 Å². The summed E-state index contributed by atoms with van der Waals surface area (Å²) in [6.45, 7) is 0.341. The molecule has 2 aromatic rings. The molecule has 0 aliphatic carbocycles. The lowest BCUT2D eigenvalue weighted by Gasteiger charge is -2.08. The molecule has 0 spiro atoms. The summed E-state index contributed by atoms with van der Waals surface area (Å²) in [5.41, 5.74) is -0.262. The zero-order valence-electron chi connectivity index (χ0n) is 9.37. The number of aromatic nitrogens is 2. The van der Waals surface area contributed by atoms with Crippen LogP contribution < -0.4 is 5.32 Å². The van der Waals surface area contributed by atoms with Crippen LogP contribution in [0.2, 0.25) is 0 Å². The first kappa shape index (κ1) is 12.0. The van der Waals surface area contributed by atoms with Crippen LogP contribution in [-0.2, 0) is 6.42 Å². The van der Waals surface area contributed by atoms with Crippen molar-refractivity contribution in [1.82, 2.24) is 9.97 Å². The zero-order chi connectivity index (χ0) is 13.0. The monoisotopic (exact) mass is 248 g/mol. The van der Waals surface area contributed by atoms with Gasteiger partial charge in [0.05, 0.1) is 11.6 Å². The van der Waals surface area contributed by atoms with Crippen molar-refractivity contribution in [2.75, 3.05) is 11.9 Å². The van der Waals surface area contributed by atoms with Gasteiger partial charge in [-0.3, -0.25) is 0 Å². The smallest absolute Gasteiger partial charge is 0.150 e. The molecule has 1 aromatic carbocycles. The summed E-state index contributed by atoms with van der Waals surface area (Å²) in [5, 5.41) is 11.2. The number of halogens is 2. The van der Waals surface area contributed by atoms with Crippen molar-refractivity contribution in [1.29, 1.82) is 5.26 Å². The molecule has 4 nitrogen and oxygen atoms in total. The maximum atomic E-state index is 13.5. The van der Waals surface area contributed by atoms with E-state index in [-0.39, 0.29) is 11.3 Å². The molecule has 0 unspecified atom stereocenters. The fourth-order valence-corrected chi connectivity index (χ4v) is 1.55. The van der Waals surface area contributed by atoms with Gasteiger partial charge in [0.25, 0.3) is 0 Å². The van der Waals surface area contributed by atoms with Crippen LogP contribution in [0.15, 0.2) is 24.5 Å². The van der Waals surface area contributed by atoms with Crippen molar-refractivity contribution >= 4 is 5.69 Å². The van der Waals surface area contributed by atoms with Gasteiger partial charge in [-0.25, -0.2) is 13.8 Å². The van der Waals surface area contributed by atoms with Gasteiger partial charge in [-0.2, -0.15) is 5.26 Å². The molecular formula is C12H10F2N4. The van der Waals surface area contributed by atoms with E-state index in [1.165, 1.54) is 0 Å². The molecule has 1 aromatic heterocycles. The van der Waals surface area contributed by atoms with Crippen molar-refractivity contribution in [2.24, 2.45) is 0 Å². The fraction of sp³-hybridized carbons (Fsp3) is 0.167. The summed E-state index contributed by atoms with van der Waals surface area (Å²) >= 11 is 0. The Hall–Kier alpha value is -2.42. The Morgan fingerprint density at radius 3 is 2.61 bits per heavy atom. The molecule has 0 atom stereocenters. The molecule has 2 N–H and O–H groups in total. The summed E-state index contributed by atoms with van der Waals surface area (Å²) in [6, 6.07) is 3.69. The van der Waals surface area contributed by atoms with Crippen LogP contribution >= 0.6 is 0 Å². The second-order valence-electron chi connectivity index (χ2n) is 3.64. The third-order valence-electron chi connectivity index (χ3n) is 2.39. The highest BCUT2D eigenvalue weighted by atomic mass is 19.1. The second kappa shape index (κ2) is 5.27. The van der Waals surface area contributed by atoms with Crippen LogP contribution in [0.5, 0.6) is 0 Å². The number of H-pyrrole nitrogens is 1. The number of anilines is 1. The predicted octanol–water partition coefficient (Wildman–Crippen LogP) is 2.21. The summed E-state index contributed by atoms with van der Waals surface area (Å²) in [7, 11) is 0. The molecule has 92 valence electrons. The van der Waals surface area contributed by atoms with E-state index in [0.717, 1.165) is 18.0 Å². The van der Waals surface area contributed by atoms with E-state index in [1.54, 1.807) is 18.5 Å². The van der Waals surface area contributed by atoms with E-state index in [4.69, 9.17) is 5.26 Å². The topological polar surface area (TPSA) is 64.5 Å². The number of aromatic amines is 1. The minimum absolute atomic E-state index is 0.0402. The molecule has 0 amide bonds. The van der Waals surface area contributed by atoms with E-state index in [9.17, 15) is 8.78 Å². The number of rotatable bonds is 4. The summed E-state index contributed by atoms with van der Waals surface area (Å²) < 4.78 is 27.0. The zero-order valence-corrected chi connectivity index (χ0v) is 9.37. The Bertz CT molecular complexity index is 549. The molecule has 6 heteroatoms. The molecule has 0 fully saturated rings. The number of hydrogen-bond acceptors (Lipinski definition) is 3. The van der Waals surface area contributed by atoms with Crippen LogP contribution in [0.1, 0.15) is 11.4 Å². The lowest BCUT2D eigenvalue weighted by Crippen LogP contribution is -2.09. The molecule has 2 rings (SSSR count). The van der Waals surface area contributed by atoms with E-state index < -0.39 is 11.6 Å². The minimum atomic E-state index is -0.772. The third kappa shape index (κ3) is 2.63. The molecule has 0 aliphatic heterocycles. The third-order valence-corrected chi connectivity index (χ3v) is 2.39. The van der Waals surface area contributed by atoms with E-state index in [1.807, 2.05) is 0 Å². The quantitative estimate of drug-likeness (QED) is 0.871. The number of nitriles is 1. The van der Waals surface area contributed by atoms with Gasteiger partial charge in [0, 0.05) is 25.4 Å². The largest absolute Gasteiger partial charge is 0.380 e. The normalized spacial score (nSPS) is 10.1. The summed E-state index contributed by atoms with van der Waals surface area (Å²) in [4.78, 5) is 6.88. The van der Waals surface area contributed by atoms with Crippen molar-refractivity contribution in [3.8, 4) is 6.07 Å². The summed E-state index contributed by atoms with van der Waals surface area (Å²) in [5.74, 6) is -0.811. The molecule has 1 heterocycles. The highest BCUT2D eigenvalue weighted by molar-refractivity contribution is 5.50. The van der Waals surface area contributed by atoms with Crippen LogP contribution in [0, 0.1) is 23.0 Å². The highest BCUT2D eigenvalue weighted by Gasteiger charge is 2.10. The van der Waals surface area contributed by atoms with Gasteiger partial charge in [-0.1, -0.05) is 0 Å². The minimum Gasteiger partial charge on any atom is -0.380 e. The summed E-state index contributed by atoms with van der Waals surface area (Å²) in [6.07, 6.45) is 3.81. The fourth-order valence-electron chi connectivity index (χ4n) is 1.55. The predicted molar refractivity (Wildman–Crippen MR) is 61.9 cm³/mol. The number of hydrogen-bond donors (Lipinski definition) is 2. The SMILES string of the molecule is N#Cc1cc(F)c(NCCc2ncc[nH]2)c(F)c1. The molecular weight excluding hydrogens is 238 g/mol. The van der Waals surface area contributed by atoms with Gasteiger partial charge in [-0.05, 0) is 12.1 Å². The lowest BCUT2D eigenvalue weighted by atomic mass is 10.2. The van der Waals surface area contributed by atoms with Gasteiger partial charge < -0.3 is 10.3 Å². The Morgan fingerprint density at radius 2 is 2.06 bits per heavy atom. The standard InChI is InChI=1S/C12H10F2N4/c13-9-5-8(7-15)6-10(14)12(9)18-2-1-11-16-3-4-17-11/h3-6,18H,1-2H2,(H,16,17). The first-order valence-corrected chi connectivity index (χ1v) is 5.32. The Morgan fingerprint density at radius 1 is 1.33 bits per heavy atom. The van der Waals surface area contributed by atoms with Crippen LogP contribution in [0.4, 0.5) is 14.5 Å². The van der Waals surface area contributed by atoms with Crippen molar-refractivity contribution < 1.29 is 8.78 Å². The Labute approximate surface area is 102 Å². The van der Waals surface area contributed by atoms with Gasteiger partial charge in [0.15, 0.2) is 11.6 Å². The molecule has 18 heavy (non-hydrogen) atoms. The number of nitrogens with one attached hydrogen (secondary N) is 2. The molecule has 0 saturated heterocycles. The van der Waals surface area contributed by atoms with Gasteiger partial charge in [0.2, 0.25) is 0 Å². The molecule has 0 bridgehead atoms. The van der Waals surface area contributed by atoms with Crippen molar-refractivity contribution in [3.05, 3.63) is 47.5 Å².